The molecule has 0 heterocycles. The van der Waals surface area contributed by atoms with Crippen LogP contribution in [0.4, 0.5) is 0 Å². The summed E-state index contributed by atoms with van der Waals surface area (Å²) in [5.74, 6) is 0. The second-order valence-corrected chi connectivity index (χ2v) is 2.66. The molecule has 0 fully saturated rings. The van der Waals surface area contributed by atoms with Gasteiger partial charge in [0.2, 0.25) is 0 Å². The van der Waals surface area contributed by atoms with E-state index in [-0.39, 0.29) is 6.04 Å². The van der Waals surface area contributed by atoms with Crippen LogP contribution in [0.25, 0.3) is 6.08 Å². The molecule has 0 saturated carbocycles. The number of nitrogens with two attached hydrogens (primary N) is 1. The van der Waals surface area contributed by atoms with Crippen molar-refractivity contribution in [1.29, 1.82) is 0 Å². The van der Waals surface area contributed by atoms with Crippen molar-refractivity contribution in [2.24, 2.45) is 5.73 Å². The summed E-state index contributed by atoms with van der Waals surface area (Å²) in [6.45, 7) is 5.66. The van der Waals surface area contributed by atoms with Gasteiger partial charge in [0.15, 0.2) is 0 Å². The zero-order chi connectivity index (χ0) is 8.27. The van der Waals surface area contributed by atoms with Gasteiger partial charge >= 0.3 is 0 Å². The summed E-state index contributed by atoms with van der Waals surface area (Å²) < 4.78 is 0. The van der Waals surface area contributed by atoms with Gasteiger partial charge in [0.05, 0.1) is 0 Å². The molecule has 0 aromatic heterocycles. The molecule has 2 N–H and O–H groups in total. The van der Waals surface area contributed by atoms with Gasteiger partial charge < -0.3 is 5.73 Å². The molecule has 0 unspecified atom stereocenters. The Balaban J connectivity index is 3.00. The summed E-state index contributed by atoms with van der Waals surface area (Å²) in [5.41, 5.74) is 7.98. The molecule has 1 aromatic rings. The molecule has 0 aliphatic carbocycles. The maximum Gasteiger partial charge on any atom is 0.0266 e. The van der Waals surface area contributed by atoms with Crippen molar-refractivity contribution < 1.29 is 0 Å². The van der Waals surface area contributed by atoms with Gasteiger partial charge in [-0.25, -0.2) is 0 Å². The lowest BCUT2D eigenvalue weighted by Crippen LogP contribution is -2.04. The number of rotatable bonds is 2. The molecule has 1 nitrogen and oxygen atoms in total. The highest BCUT2D eigenvalue weighted by molar-refractivity contribution is 5.48. The van der Waals surface area contributed by atoms with Gasteiger partial charge in [0.1, 0.15) is 0 Å². The molecule has 11 heavy (non-hydrogen) atoms. The molecule has 1 heteroatoms. The highest BCUT2D eigenvalue weighted by Crippen LogP contribution is 2.11. The average molecular weight is 147 g/mol. The van der Waals surface area contributed by atoms with E-state index in [9.17, 15) is 0 Å². The third-order valence-electron chi connectivity index (χ3n) is 1.67. The van der Waals surface area contributed by atoms with E-state index in [2.05, 4.69) is 12.6 Å². The zero-order valence-electron chi connectivity index (χ0n) is 6.75. The Kier molecular flexibility index (Phi) is 2.44. The number of benzene rings is 1. The van der Waals surface area contributed by atoms with Crippen LogP contribution in [0.15, 0.2) is 30.8 Å². The SMILES string of the molecule is C=Cc1cccc([C@@H](C)N)c1. The first-order chi connectivity index (χ1) is 5.24. The van der Waals surface area contributed by atoms with Crippen LogP contribution in [0.5, 0.6) is 0 Å². The number of hydrogen-bond acceptors (Lipinski definition) is 1. The van der Waals surface area contributed by atoms with E-state index in [0.29, 0.717) is 0 Å². The monoisotopic (exact) mass is 147 g/mol. The minimum atomic E-state index is 0.106. The van der Waals surface area contributed by atoms with Gasteiger partial charge in [-0.2, -0.15) is 0 Å². The molecule has 1 rings (SSSR count). The van der Waals surface area contributed by atoms with Crippen LogP contribution in [-0.2, 0) is 0 Å². The molecule has 0 aliphatic heterocycles. The lowest BCUT2D eigenvalue weighted by Gasteiger charge is -2.05. The van der Waals surface area contributed by atoms with Gasteiger partial charge in [0.25, 0.3) is 0 Å². The normalized spacial score (nSPS) is 12.5. The molecule has 1 aromatic carbocycles. The Bertz CT molecular complexity index is 251. The summed E-state index contributed by atoms with van der Waals surface area (Å²) >= 11 is 0. The topological polar surface area (TPSA) is 26.0 Å². The van der Waals surface area contributed by atoms with Crippen LogP contribution < -0.4 is 5.73 Å². The van der Waals surface area contributed by atoms with Gasteiger partial charge in [-0.3, -0.25) is 0 Å². The Morgan fingerprint density at radius 1 is 1.55 bits per heavy atom. The molecular formula is C10H13N. The summed E-state index contributed by atoms with van der Waals surface area (Å²) in [6.07, 6.45) is 1.83. The maximum absolute atomic E-state index is 5.70. The van der Waals surface area contributed by atoms with Crippen molar-refractivity contribution >= 4 is 6.08 Å². The first-order valence-corrected chi connectivity index (χ1v) is 3.72. The molecule has 0 radical (unpaired) electrons. The van der Waals surface area contributed by atoms with E-state index in [4.69, 9.17) is 5.73 Å². The second kappa shape index (κ2) is 3.35. The lowest BCUT2D eigenvalue weighted by molar-refractivity contribution is 0.818. The predicted molar refractivity (Wildman–Crippen MR) is 49.1 cm³/mol. The van der Waals surface area contributed by atoms with Crippen molar-refractivity contribution in [2.45, 2.75) is 13.0 Å². The molecular weight excluding hydrogens is 134 g/mol. The largest absolute Gasteiger partial charge is 0.324 e. The molecule has 0 bridgehead atoms. The summed E-state index contributed by atoms with van der Waals surface area (Å²) in [7, 11) is 0. The Hall–Kier alpha value is -1.08. The molecule has 0 aliphatic rings. The molecule has 0 spiro atoms. The minimum Gasteiger partial charge on any atom is -0.324 e. The summed E-state index contributed by atoms with van der Waals surface area (Å²) in [5, 5.41) is 0. The smallest absolute Gasteiger partial charge is 0.0266 e. The van der Waals surface area contributed by atoms with Crippen molar-refractivity contribution in [3.63, 3.8) is 0 Å². The highest BCUT2D eigenvalue weighted by Gasteiger charge is 1.97. The summed E-state index contributed by atoms with van der Waals surface area (Å²) in [4.78, 5) is 0. The van der Waals surface area contributed by atoms with Gasteiger partial charge in [0, 0.05) is 6.04 Å². The van der Waals surface area contributed by atoms with Gasteiger partial charge in [-0.1, -0.05) is 36.9 Å². The third-order valence-corrected chi connectivity index (χ3v) is 1.67. The standard InChI is InChI=1S/C10H13N/c1-3-9-5-4-6-10(7-9)8(2)11/h3-8H,1,11H2,2H3/t8-/m1/s1. The predicted octanol–water partition coefficient (Wildman–Crippen LogP) is 2.35. The van der Waals surface area contributed by atoms with Crippen LogP contribution in [-0.4, -0.2) is 0 Å². The van der Waals surface area contributed by atoms with Gasteiger partial charge in [-0.15, -0.1) is 0 Å². The van der Waals surface area contributed by atoms with E-state index in [0.717, 1.165) is 11.1 Å². The lowest BCUT2D eigenvalue weighted by atomic mass is 10.1. The van der Waals surface area contributed by atoms with E-state index in [1.54, 1.807) is 0 Å². The molecule has 58 valence electrons. The number of hydrogen-bond donors (Lipinski definition) is 1. The van der Waals surface area contributed by atoms with E-state index >= 15 is 0 Å². The fourth-order valence-electron chi connectivity index (χ4n) is 0.969. The van der Waals surface area contributed by atoms with Crippen LogP contribution >= 0.6 is 0 Å². The Labute approximate surface area is 67.5 Å². The fourth-order valence-corrected chi connectivity index (χ4v) is 0.969. The highest BCUT2D eigenvalue weighted by atomic mass is 14.6. The molecule has 0 saturated heterocycles. The maximum atomic E-state index is 5.70. The van der Waals surface area contributed by atoms with Crippen molar-refractivity contribution in [3.05, 3.63) is 42.0 Å². The third kappa shape index (κ3) is 1.92. The van der Waals surface area contributed by atoms with E-state index < -0.39 is 0 Å². The van der Waals surface area contributed by atoms with Gasteiger partial charge in [-0.05, 0) is 18.1 Å². The molecule has 0 amide bonds. The first kappa shape index (κ1) is 8.02. The zero-order valence-corrected chi connectivity index (χ0v) is 6.75. The Morgan fingerprint density at radius 2 is 2.27 bits per heavy atom. The van der Waals surface area contributed by atoms with Crippen molar-refractivity contribution in [3.8, 4) is 0 Å². The second-order valence-electron chi connectivity index (χ2n) is 2.66. The van der Waals surface area contributed by atoms with Crippen molar-refractivity contribution in [2.75, 3.05) is 0 Å². The van der Waals surface area contributed by atoms with Crippen LogP contribution in [0.1, 0.15) is 24.1 Å². The van der Waals surface area contributed by atoms with Crippen LogP contribution in [0.3, 0.4) is 0 Å². The van der Waals surface area contributed by atoms with Crippen molar-refractivity contribution in [1.82, 2.24) is 0 Å². The van der Waals surface area contributed by atoms with E-state index in [1.165, 1.54) is 0 Å². The average Bonchev–Trinajstić information content (AvgIpc) is 2.05. The summed E-state index contributed by atoms with van der Waals surface area (Å²) in [6, 6.07) is 8.19. The fraction of sp³-hybridized carbons (Fsp3) is 0.200. The molecule has 1 atom stereocenters. The van der Waals surface area contributed by atoms with Crippen LogP contribution in [0, 0.1) is 0 Å². The van der Waals surface area contributed by atoms with Crippen LogP contribution in [0.2, 0.25) is 0 Å². The Morgan fingerprint density at radius 3 is 2.82 bits per heavy atom. The minimum absolute atomic E-state index is 0.106. The quantitative estimate of drug-likeness (QED) is 0.682. The van der Waals surface area contributed by atoms with E-state index in [1.807, 2.05) is 31.2 Å². The first-order valence-electron chi connectivity index (χ1n) is 3.72.